The van der Waals surface area contributed by atoms with Gasteiger partial charge in [-0.05, 0) is 42.4 Å². The number of sulfonamides is 1. The molecule has 1 fully saturated rings. The molecule has 0 aromatic heterocycles. The summed E-state index contributed by atoms with van der Waals surface area (Å²) in [4.78, 5) is 0.331. The minimum Gasteiger partial charge on any atom is -0.329 e. The van der Waals surface area contributed by atoms with Crippen molar-refractivity contribution in [3.8, 4) is 0 Å². The largest absolute Gasteiger partial charge is 0.329 e. The summed E-state index contributed by atoms with van der Waals surface area (Å²) in [7, 11) is -3.46. The van der Waals surface area contributed by atoms with Crippen molar-refractivity contribution in [1.29, 1.82) is 0 Å². The number of hydrogen-bond acceptors (Lipinski definition) is 3. The minimum absolute atomic E-state index is 0.132. The molecule has 0 spiro atoms. The van der Waals surface area contributed by atoms with Gasteiger partial charge in [0.15, 0.2) is 0 Å². The van der Waals surface area contributed by atoms with Crippen LogP contribution in [0.25, 0.3) is 0 Å². The lowest BCUT2D eigenvalue weighted by atomic mass is 10.0. The molecule has 0 aliphatic heterocycles. The van der Waals surface area contributed by atoms with E-state index in [1.165, 1.54) is 0 Å². The lowest BCUT2D eigenvalue weighted by Crippen LogP contribution is -2.41. The van der Waals surface area contributed by atoms with E-state index < -0.39 is 10.0 Å². The molecular weight excluding hydrogens is 260 g/mol. The van der Waals surface area contributed by atoms with Crippen LogP contribution in [0.5, 0.6) is 0 Å². The van der Waals surface area contributed by atoms with Crippen molar-refractivity contribution in [1.82, 2.24) is 4.72 Å². The SMILES string of the molecule is CC(C)c1cccc(S(=O)(=O)N[C@H](CN)C2CC2)c1. The van der Waals surface area contributed by atoms with Crippen LogP contribution >= 0.6 is 0 Å². The van der Waals surface area contributed by atoms with Crippen LogP contribution in [-0.2, 0) is 10.0 Å². The molecule has 1 aromatic carbocycles. The van der Waals surface area contributed by atoms with Crippen LogP contribution in [0.2, 0.25) is 0 Å². The maximum atomic E-state index is 12.3. The van der Waals surface area contributed by atoms with Crippen molar-refractivity contribution in [2.45, 2.75) is 43.5 Å². The second-order valence-electron chi connectivity index (χ2n) is 5.53. The Morgan fingerprint density at radius 3 is 2.58 bits per heavy atom. The van der Waals surface area contributed by atoms with Crippen molar-refractivity contribution in [3.05, 3.63) is 29.8 Å². The van der Waals surface area contributed by atoms with Crippen LogP contribution in [0.15, 0.2) is 29.2 Å². The molecule has 1 aromatic rings. The fourth-order valence-electron chi connectivity index (χ4n) is 2.14. The van der Waals surface area contributed by atoms with E-state index in [-0.39, 0.29) is 6.04 Å². The zero-order chi connectivity index (χ0) is 14.0. The first-order valence-electron chi connectivity index (χ1n) is 6.76. The van der Waals surface area contributed by atoms with Gasteiger partial charge in [0, 0.05) is 12.6 Å². The van der Waals surface area contributed by atoms with Gasteiger partial charge in [-0.1, -0.05) is 26.0 Å². The van der Waals surface area contributed by atoms with E-state index in [0.29, 0.717) is 23.3 Å². The van der Waals surface area contributed by atoms with E-state index in [1.54, 1.807) is 18.2 Å². The van der Waals surface area contributed by atoms with Gasteiger partial charge < -0.3 is 5.73 Å². The molecular formula is C14H22N2O2S. The van der Waals surface area contributed by atoms with Crippen LogP contribution in [0.3, 0.4) is 0 Å². The predicted octanol–water partition coefficient (Wildman–Crippen LogP) is 1.83. The van der Waals surface area contributed by atoms with E-state index in [9.17, 15) is 8.42 Å². The zero-order valence-corrected chi connectivity index (χ0v) is 12.3. The summed E-state index contributed by atoms with van der Waals surface area (Å²) in [6.45, 7) is 4.45. The Balaban J connectivity index is 2.20. The summed E-state index contributed by atoms with van der Waals surface area (Å²) in [5.74, 6) is 0.719. The molecule has 1 atom stereocenters. The third-order valence-electron chi connectivity index (χ3n) is 3.59. The third-order valence-corrected chi connectivity index (χ3v) is 5.07. The lowest BCUT2D eigenvalue weighted by molar-refractivity contribution is 0.519. The topological polar surface area (TPSA) is 72.2 Å². The molecule has 0 radical (unpaired) electrons. The molecule has 0 heterocycles. The van der Waals surface area contributed by atoms with E-state index in [0.717, 1.165) is 18.4 Å². The van der Waals surface area contributed by atoms with Gasteiger partial charge in [-0.25, -0.2) is 13.1 Å². The van der Waals surface area contributed by atoms with Crippen LogP contribution < -0.4 is 10.5 Å². The molecule has 3 N–H and O–H groups in total. The average molecular weight is 282 g/mol. The Morgan fingerprint density at radius 2 is 2.05 bits per heavy atom. The van der Waals surface area contributed by atoms with Gasteiger partial charge in [0.2, 0.25) is 10.0 Å². The summed E-state index contributed by atoms with van der Waals surface area (Å²) in [5, 5.41) is 0. The van der Waals surface area contributed by atoms with Crippen LogP contribution in [0.1, 0.15) is 38.2 Å². The van der Waals surface area contributed by atoms with Crippen molar-refractivity contribution in [2.75, 3.05) is 6.54 Å². The fourth-order valence-corrected chi connectivity index (χ4v) is 3.52. The standard InChI is InChI=1S/C14H22N2O2S/c1-10(2)12-4-3-5-13(8-12)19(17,18)16-14(9-15)11-6-7-11/h3-5,8,10-11,14,16H,6-7,9,15H2,1-2H3/t14-/m1/s1. The van der Waals surface area contributed by atoms with Gasteiger partial charge in [-0.2, -0.15) is 0 Å². The maximum Gasteiger partial charge on any atom is 0.240 e. The Labute approximate surface area is 115 Å². The normalized spacial score (nSPS) is 17.7. The van der Waals surface area contributed by atoms with Gasteiger partial charge in [-0.3, -0.25) is 0 Å². The molecule has 5 heteroatoms. The highest BCUT2D eigenvalue weighted by atomic mass is 32.2. The molecule has 1 saturated carbocycles. The van der Waals surface area contributed by atoms with Crippen molar-refractivity contribution >= 4 is 10.0 Å². The van der Waals surface area contributed by atoms with Crippen LogP contribution in [-0.4, -0.2) is 21.0 Å². The van der Waals surface area contributed by atoms with Gasteiger partial charge in [0.05, 0.1) is 4.90 Å². The molecule has 0 bridgehead atoms. The van der Waals surface area contributed by atoms with Gasteiger partial charge >= 0.3 is 0 Å². The van der Waals surface area contributed by atoms with Crippen molar-refractivity contribution < 1.29 is 8.42 Å². The molecule has 0 saturated heterocycles. The Bertz CT molecular complexity index is 536. The van der Waals surface area contributed by atoms with Gasteiger partial charge in [0.25, 0.3) is 0 Å². The molecule has 2 rings (SSSR count). The van der Waals surface area contributed by atoms with Gasteiger partial charge in [-0.15, -0.1) is 0 Å². The first-order chi connectivity index (χ1) is 8.94. The van der Waals surface area contributed by atoms with E-state index in [1.807, 2.05) is 19.9 Å². The molecule has 106 valence electrons. The lowest BCUT2D eigenvalue weighted by Gasteiger charge is -2.17. The quantitative estimate of drug-likeness (QED) is 0.836. The summed E-state index contributed by atoms with van der Waals surface area (Å²) < 4.78 is 27.4. The Hall–Kier alpha value is -0.910. The molecule has 0 unspecified atom stereocenters. The summed E-state index contributed by atoms with van der Waals surface area (Å²) >= 11 is 0. The number of hydrogen-bond donors (Lipinski definition) is 2. The predicted molar refractivity (Wildman–Crippen MR) is 76.4 cm³/mol. The number of nitrogens with one attached hydrogen (secondary N) is 1. The van der Waals surface area contributed by atoms with E-state index in [4.69, 9.17) is 5.73 Å². The number of benzene rings is 1. The van der Waals surface area contributed by atoms with Crippen LogP contribution in [0.4, 0.5) is 0 Å². The second-order valence-corrected chi connectivity index (χ2v) is 7.24. The molecule has 1 aliphatic rings. The minimum atomic E-state index is -3.46. The fraction of sp³-hybridized carbons (Fsp3) is 0.571. The summed E-state index contributed by atoms with van der Waals surface area (Å²) in [6, 6.07) is 6.98. The summed E-state index contributed by atoms with van der Waals surface area (Å²) in [6.07, 6.45) is 2.13. The highest BCUT2D eigenvalue weighted by Crippen LogP contribution is 2.33. The van der Waals surface area contributed by atoms with E-state index >= 15 is 0 Å². The monoisotopic (exact) mass is 282 g/mol. The highest BCUT2D eigenvalue weighted by molar-refractivity contribution is 7.89. The molecule has 1 aliphatic carbocycles. The Morgan fingerprint density at radius 1 is 1.37 bits per heavy atom. The average Bonchev–Trinajstić information content (AvgIpc) is 3.20. The smallest absolute Gasteiger partial charge is 0.240 e. The molecule has 0 amide bonds. The first kappa shape index (κ1) is 14.5. The van der Waals surface area contributed by atoms with Gasteiger partial charge in [0.1, 0.15) is 0 Å². The first-order valence-corrected chi connectivity index (χ1v) is 8.24. The zero-order valence-electron chi connectivity index (χ0n) is 11.5. The highest BCUT2D eigenvalue weighted by Gasteiger charge is 2.33. The summed E-state index contributed by atoms with van der Waals surface area (Å²) in [5.41, 5.74) is 6.68. The van der Waals surface area contributed by atoms with Crippen molar-refractivity contribution in [3.63, 3.8) is 0 Å². The molecule has 4 nitrogen and oxygen atoms in total. The Kier molecular flexibility index (Phi) is 4.28. The van der Waals surface area contributed by atoms with Crippen molar-refractivity contribution in [2.24, 2.45) is 11.7 Å². The third kappa shape index (κ3) is 3.55. The number of rotatable bonds is 6. The van der Waals surface area contributed by atoms with Crippen LogP contribution in [0, 0.1) is 5.92 Å². The van der Waals surface area contributed by atoms with E-state index in [2.05, 4.69) is 4.72 Å². The molecule has 19 heavy (non-hydrogen) atoms. The number of nitrogens with two attached hydrogens (primary N) is 1. The maximum absolute atomic E-state index is 12.3. The second kappa shape index (κ2) is 5.61.